The van der Waals surface area contributed by atoms with E-state index in [1.54, 1.807) is 30.3 Å². The van der Waals surface area contributed by atoms with Gasteiger partial charge in [0.15, 0.2) is 6.61 Å². The second-order valence-electron chi connectivity index (χ2n) is 6.76. The molecule has 0 bridgehead atoms. The Morgan fingerprint density at radius 1 is 1.10 bits per heavy atom. The summed E-state index contributed by atoms with van der Waals surface area (Å²) in [7, 11) is 0. The van der Waals surface area contributed by atoms with E-state index in [0.717, 1.165) is 17.7 Å². The first-order valence-corrected chi connectivity index (χ1v) is 9.23. The van der Waals surface area contributed by atoms with E-state index in [4.69, 9.17) is 5.73 Å². The molecular weight excluding hydrogens is 415 g/mol. The van der Waals surface area contributed by atoms with Gasteiger partial charge in [-0.1, -0.05) is 30.3 Å². The van der Waals surface area contributed by atoms with Crippen LogP contribution in [0.4, 0.5) is 13.2 Å². The number of benzene rings is 2. The van der Waals surface area contributed by atoms with Gasteiger partial charge in [-0.3, -0.25) is 14.4 Å². The number of aromatic nitrogens is 2. The van der Waals surface area contributed by atoms with Crippen molar-refractivity contribution in [3.8, 4) is 0 Å². The van der Waals surface area contributed by atoms with Crippen molar-refractivity contribution in [2.24, 2.45) is 5.73 Å². The predicted octanol–water partition coefficient (Wildman–Crippen LogP) is 2.42. The monoisotopic (exact) mass is 433 g/mol. The molecule has 0 saturated heterocycles. The predicted molar refractivity (Wildman–Crippen MR) is 105 cm³/mol. The van der Waals surface area contributed by atoms with Crippen LogP contribution in [0.2, 0.25) is 0 Å². The van der Waals surface area contributed by atoms with Crippen LogP contribution in [0.25, 0.3) is 11.0 Å². The summed E-state index contributed by atoms with van der Waals surface area (Å²) in [6.07, 6.45) is -5.03. The van der Waals surface area contributed by atoms with Crippen LogP contribution < -0.4 is 11.3 Å². The average Bonchev–Trinajstić information content (AvgIpc) is 2.72. The lowest BCUT2D eigenvalue weighted by Gasteiger charge is -2.14. The van der Waals surface area contributed by atoms with Gasteiger partial charge in [-0.15, -0.1) is 0 Å². The van der Waals surface area contributed by atoms with Crippen LogP contribution in [0.3, 0.4) is 0 Å². The van der Waals surface area contributed by atoms with Crippen molar-refractivity contribution in [1.29, 1.82) is 0 Å². The number of primary amides is 1. The molecule has 0 atom stereocenters. The van der Waals surface area contributed by atoms with Gasteiger partial charge in [0.1, 0.15) is 5.69 Å². The molecule has 0 aliphatic rings. The van der Waals surface area contributed by atoms with Crippen molar-refractivity contribution < 1.29 is 27.5 Å². The van der Waals surface area contributed by atoms with Gasteiger partial charge < -0.3 is 15.0 Å². The highest BCUT2D eigenvalue weighted by atomic mass is 19.4. The summed E-state index contributed by atoms with van der Waals surface area (Å²) in [5.41, 5.74) is 4.37. The highest BCUT2D eigenvalue weighted by Crippen LogP contribution is 2.31. The van der Waals surface area contributed by atoms with E-state index in [1.165, 1.54) is 10.6 Å². The van der Waals surface area contributed by atoms with Gasteiger partial charge in [0.05, 0.1) is 29.6 Å². The Hall–Kier alpha value is -3.69. The molecule has 0 aliphatic carbocycles. The topological polar surface area (TPSA) is 104 Å². The highest BCUT2D eigenvalue weighted by molar-refractivity contribution is 5.79. The molecule has 1 heterocycles. The number of nitrogens with zero attached hydrogens (tertiary/aromatic N) is 2. The van der Waals surface area contributed by atoms with E-state index in [1.807, 2.05) is 0 Å². The number of esters is 1. The number of fused-ring (bicyclic) bond motifs is 1. The van der Waals surface area contributed by atoms with Crippen molar-refractivity contribution in [3.05, 3.63) is 75.7 Å². The molecule has 31 heavy (non-hydrogen) atoms. The minimum atomic E-state index is -4.57. The number of nitrogens with two attached hydrogens (primary N) is 1. The molecule has 0 aliphatic heterocycles. The maximum absolute atomic E-state index is 13.2. The Balaban J connectivity index is 2.02. The van der Waals surface area contributed by atoms with Crippen molar-refractivity contribution >= 4 is 22.9 Å². The van der Waals surface area contributed by atoms with E-state index in [2.05, 4.69) is 9.72 Å². The molecule has 0 saturated carbocycles. The molecule has 3 aromatic rings. The Morgan fingerprint density at radius 2 is 1.81 bits per heavy atom. The van der Waals surface area contributed by atoms with Crippen molar-refractivity contribution in [1.82, 2.24) is 9.55 Å². The number of ether oxygens (including phenoxy) is 1. The van der Waals surface area contributed by atoms with Crippen LogP contribution in [-0.4, -0.2) is 28.0 Å². The molecule has 1 amide bonds. The third kappa shape index (κ3) is 5.47. The fraction of sp³-hybridized carbons (Fsp3) is 0.238. The Bertz CT molecular complexity index is 1170. The summed E-state index contributed by atoms with van der Waals surface area (Å²) in [5.74, 6) is -1.61. The number of hydrogen-bond acceptors (Lipinski definition) is 5. The van der Waals surface area contributed by atoms with Gasteiger partial charge >= 0.3 is 12.1 Å². The Morgan fingerprint density at radius 3 is 2.45 bits per heavy atom. The van der Waals surface area contributed by atoms with Crippen LogP contribution in [0.15, 0.2) is 53.3 Å². The number of rotatable bonds is 7. The number of halogens is 3. The van der Waals surface area contributed by atoms with Gasteiger partial charge in [-0.05, 0) is 23.8 Å². The minimum absolute atomic E-state index is 0.0224. The van der Waals surface area contributed by atoms with E-state index >= 15 is 0 Å². The normalized spacial score (nSPS) is 11.5. The highest BCUT2D eigenvalue weighted by Gasteiger charge is 2.31. The SMILES string of the molecule is NC(=O)COC(=O)CCc1nc2cc(C(F)(F)F)ccc2n(Cc2ccccc2)c1=O. The first-order valence-electron chi connectivity index (χ1n) is 9.23. The summed E-state index contributed by atoms with van der Waals surface area (Å²) in [6.45, 7) is -0.486. The lowest BCUT2D eigenvalue weighted by atomic mass is 10.1. The smallest absolute Gasteiger partial charge is 0.416 e. The third-order valence-corrected chi connectivity index (χ3v) is 4.47. The van der Waals surface area contributed by atoms with Gasteiger partial charge in [-0.2, -0.15) is 13.2 Å². The standard InChI is InChI=1S/C21H18F3N3O4/c22-21(23,24)14-6-8-17-16(10-14)26-15(7-9-19(29)31-12-18(25)28)20(30)27(17)11-13-4-2-1-3-5-13/h1-6,8,10H,7,9,11-12H2,(H2,25,28). The van der Waals surface area contributed by atoms with Crippen LogP contribution in [0.1, 0.15) is 23.2 Å². The Labute approximate surface area is 174 Å². The van der Waals surface area contributed by atoms with Crippen LogP contribution in [0, 0.1) is 0 Å². The fourth-order valence-electron chi connectivity index (χ4n) is 3.01. The molecular formula is C21H18F3N3O4. The number of hydrogen-bond donors (Lipinski definition) is 1. The molecule has 0 fully saturated rings. The maximum Gasteiger partial charge on any atom is 0.416 e. The Kier molecular flexibility index (Phi) is 6.38. The zero-order chi connectivity index (χ0) is 22.6. The molecule has 162 valence electrons. The quantitative estimate of drug-likeness (QED) is 0.577. The molecule has 3 rings (SSSR count). The van der Waals surface area contributed by atoms with E-state index < -0.39 is 35.8 Å². The largest absolute Gasteiger partial charge is 0.456 e. The molecule has 2 aromatic carbocycles. The van der Waals surface area contributed by atoms with Crippen LogP contribution in [-0.2, 0) is 33.5 Å². The number of carbonyl (C=O) groups is 2. The van der Waals surface area contributed by atoms with Gasteiger partial charge in [0, 0.05) is 6.42 Å². The second kappa shape index (κ2) is 8.99. The molecule has 2 N–H and O–H groups in total. The number of alkyl halides is 3. The fourth-order valence-corrected chi connectivity index (χ4v) is 3.01. The summed E-state index contributed by atoms with van der Waals surface area (Å²) in [6, 6.07) is 11.9. The van der Waals surface area contributed by atoms with Crippen molar-refractivity contribution in [2.75, 3.05) is 6.61 Å². The van der Waals surface area contributed by atoms with E-state index in [9.17, 15) is 27.6 Å². The first-order chi connectivity index (χ1) is 14.6. The van der Waals surface area contributed by atoms with Crippen molar-refractivity contribution in [2.45, 2.75) is 25.6 Å². The average molecular weight is 433 g/mol. The summed E-state index contributed by atoms with van der Waals surface area (Å²) >= 11 is 0. The minimum Gasteiger partial charge on any atom is -0.456 e. The summed E-state index contributed by atoms with van der Waals surface area (Å²) in [5, 5.41) is 0. The maximum atomic E-state index is 13.2. The van der Waals surface area contributed by atoms with E-state index in [0.29, 0.717) is 0 Å². The third-order valence-electron chi connectivity index (χ3n) is 4.47. The summed E-state index contributed by atoms with van der Waals surface area (Å²) < 4.78 is 45.4. The van der Waals surface area contributed by atoms with Gasteiger partial charge in [0.2, 0.25) is 0 Å². The molecule has 7 nitrogen and oxygen atoms in total. The molecule has 0 unspecified atom stereocenters. The van der Waals surface area contributed by atoms with Gasteiger partial charge in [0.25, 0.3) is 11.5 Å². The first kappa shape index (κ1) is 22.0. The molecule has 10 heteroatoms. The van der Waals surface area contributed by atoms with Crippen LogP contribution >= 0.6 is 0 Å². The lowest BCUT2D eigenvalue weighted by Crippen LogP contribution is -2.27. The molecule has 0 spiro atoms. The van der Waals surface area contributed by atoms with E-state index in [-0.39, 0.29) is 36.1 Å². The molecule has 0 radical (unpaired) electrons. The van der Waals surface area contributed by atoms with Crippen LogP contribution in [0.5, 0.6) is 0 Å². The zero-order valence-electron chi connectivity index (χ0n) is 16.2. The number of aryl methyl sites for hydroxylation is 1. The lowest BCUT2D eigenvalue weighted by molar-refractivity contribution is -0.147. The molecule has 1 aromatic heterocycles. The summed E-state index contributed by atoms with van der Waals surface area (Å²) in [4.78, 5) is 39.5. The van der Waals surface area contributed by atoms with Gasteiger partial charge in [-0.25, -0.2) is 4.98 Å². The number of amides is 1. The van der Waals surface area contributed by atoms with Crippen molar-refractivity contribution in [3.63, 3.8) is 0 Å². The zero-order valence-corrected chi connectivity index (χ0v) is 16.2. The second-order valence-corrected chi connectivity index (χ2v) is 6.76. The number of carbonyl (C=O) groups excluding carboxylic acids is 2.